The smallest absolute Gasteiger partial charge is 0.329 e. The van der Waals surface area contributed by atoms with Crippen LogP contribution in [-0.4, -0.2) is 68.9 Å². The predicted molar refractivity (Wildman–Crippen MR) is 159 cm³/mol. The summed E-state index contributed by atoms with van der Waals surface area (Å²) >= 11 is 0. The van der Waals surface area contributed by atoms with Gasteiger partial charge >= 0.3 is 11.9 Å². The normalized spacial score (nSPS) is 17.8. The van der Waals surface area contributed by atoms with E-state index in [1.165, 1.54) is 21.9 Å². The maximum absolute atomic E-state index is 13.2. The molecule has 0 spiro atoms. The zero-order chi connectivity index (χ0) is 31.1. The number of esters is 2. The van der Waals surface area contributed by atoms with Gasteiger partial charge in [0.2, 0.25) is 11.8 Å². The first kappa shape index (κ1) is 30.6. The van der Waals surface area contributed by atoms with Crippen molar-refractivity contribution in [1.82, 2.24) is 9.80 Å². The molecule has 44 heavy (non-hydrogen) atoms. The van der Waals surface area contributed by atoms with Crippen LogP contribution in [0.4, 0.5) is 0 Å². The van der Waals surface area contributed by atoms with Gasteiger partial charge in [-0.2, -0.15) is 0 Å². The van der Waals surface area contributed by atoms with E-state index in [-0.39, 0.29) is 60.5 Å². The van der Waals surface area contributed by atoms with Crippen LogP contribution in [0.5, 0.6) is 11.5 Å². The molecule has 10 heteroatoms. The van der Waals surface area contributed by atoms with Crippen LogP contribution in [0.3, 0.4) is 0 Å². The highest BCUT2D eigenvalue weighted by molar-refractivity contribution is 5.88. The molecule has 2 aliphatic rings. The van der Waals surface area contributed by atoms with Gasteiger partial charge in [0.05, 0.1) is 12.8 Å². The Morgan fingerprint density at radius 3 is 1.41 bits per heavy atom. The van der Waals surface area contributed by atoms with Crippen molar-refractivity contribution < 1.29 is 38.9 Å². The van der Waals surface area contributed by atoms with Crippen LogP contribution in [0.25, 0.3) is 0 Å². The molecule has 0 unspecified atom stereocenters. The van der Waals surface area contributed by atoms with Gasteiger partial charge in [0.1, 0.15) is 36.8 Å². The Morgan fingerprint density at radius 1 is 0.636 bits per heavy atom. The fourth-order valence-electron chi connectivity index (χ4n) is 5.75. The Hall–Kier alpha value is -4.86. The summed E-state index contributed by atoms with van der Waals surface area (Å²) in [7, 11) is 0. The molecular formula is C34H36N2O8. The topological polar surface area (TPSA) is 134 Å². The maximum Gasteiger partial charge on any atom is 0.329 e. The van der Waals surface area contributed by atoms with E-state index in [4.69, 9.17) is 9.47 Å². The summed E-state index contributed by atoms with van der Waals surface area (Å²) in [5.74, 6) is -2.22. The minimum atomic E-state index is -0.716. The molecule has 2 heterocycles. The van der Waals surface area contributed by atoms with E-state index >= 15 is 0 Å². The lowest BCUT2D eigenvalue weighted by atomic mass is 10.0. The van der Waals surface area contributed by atoms with E-state index in [0.29, 0.717) is 38.8 Å². The first-order valence-electron chi connectivity index (χ1n) is 14.8. The van der Waals surface area contributed by atoms with E-state index in [2.05, 4.69) is 0 Å². The summed E-state index contributed by atoms with van der Waals surface area (Å²) < 4.78 is 10.9. The average Bonchev–Trinajstić information content (AvgIpc) is 3.73. The largest absolute Gasteiger partial charge is 0.508 e. The SMILES string of the molecule is O=C(OCc1ccccc1)[C@H]1CCCN1C(=O)Cc1cc(O)c(CC(=O)N2CCC[C@@H]2C(=O)OCc2ccccc2)cc1O. The Balaban J connectivity index is 1.17. The Bertz CT molecular complexity index is 1380. The Labute approximate surface area is 255 Å². The molecule has 0 aliphatic carbocycles. The first-order chi connectivity index (χ1) is 21.3. The highest BCUT2D eigenvalue weighted by Crippen LogP contribution is 2.31. The van der Waals surface area contributed by atoms with Gasteiger partial charge in [-0.15, -0.1) is 0 Å². The van der Waals surface area contributed by atoms with E-state index in [1.54, 1.807) is 0 Å². The highest BCUT2D eigenvalue weighted by atomic mass is 16.5. The van der Waals surface area contributed by atoms with Crippen molar-refractivity contribution >= 4 is 23.8 Å². The number of phenols is 2. The lowest BCUT2D eigenvalue weighted by Crippen LogP contribution is -2.42. The summed E-state index contributed by atoms with van der Waals surface area (Å²) in [6.45, 7) is 0.988. The number of nitrogens with zero attached hydrogens (tertiary/aromatic N) is 2. The van der Waals surface area contributed by atoms with Crippen LogP contribution in [0.15, 0.2) is 72.8 Å². The molecule has 2 fully saturated rings. The van der Waals surface area contributed by atoms with E-state index in [1.807, 2.05) is 60.7 Å². The van der Waals surface area contributed by atoms with Crippen LogP contribution in [0.1, 0.15) is 47.9 Å². The van der Waals surface area contributed by atoms with Crippen molar-refractivity contribution in [2.45, 2.75) is 63.8 Å². The number of aromatic hydroxyl groups is 2. The van der Waals surface area contributed by atoms with Crippen molar-refractivity contribution in [3.8, 4) is 11.5 Å². The fraction of sp³-hybridized carbons (Fsp3) is 0.353. The number of carbonyl (C=O) groups is 4. The monoisotopic (exact) mass is 600 g/mol. The van der Waals surface area contributed by atoms with Gasteiger partial charge in [-0.3, -0.25) is 9.59 Å². The number of ether oxygens (including phenoxy) is 2. The molecule has 3 aromatic rings. The van der Waals surface area contributed by atoms with Gasteiger partial charge in [-0.1, -0.05) is 60.7 Å². The Morgan fingerprint density at radius 2 is 1.02 bits per heavy atom. The van der Waals surface area contributed by atoms with Gasteiger partial charge in [0.25, 0.3) is 0 Å². The van der Waals surface area contributed by atoms with Crippen molar-refractivity contribution in [1.29, 1.82) is 0 Å². The molecule has 230 valence electrons. The zero-order valence-corrected chi connectivity index (χ0v) is 24.4. The number of hydrogen-bond acceptors (Lipinski definition) is 8. The molecule has 0 aromatic heterocycles. The number of benzene rings is 3. The van der Waals surface area contributed by atoms with Crippen LogP contribution < -0.4 is 0 Å². The third kappa shape index (κ3) is 7.37. The number of amides is 2. The second-order valence-corrected chi connectivity index (χ2v) is 11.1. The van der Waals surface area contributed by atoms with Crippen molar-refractivity contribution in [3.05, 3.63) is 95.1 Å². The molecule has 2 saturated heterocycles. The van der Waals surface area contributed by atoms with Crippen LogP contribution >= 0.6 is 0 Å². The van der Waals surface area contributed by atoms with Crippen LogP contribution in [-0.2, 0) is 54.7 Å². The summed E-state index contributed by atoms with van der Waals surface area (Å²) in [4.78, 5) is 54.8. The minimum absolute atomic E-state index is 0.111. The molecule has 3 aromatic carbocycles. The Kier molecular flexibility index (Phi) is 9.79. The molecule has 2 amide bonds. The van der Waals surface area contributed by atoms with Crippen molar-refractivity contribution in [3.63, 3.8) is 0 Å². The highest BCUT2D eigenvalue weighted by Gasteiger charge is 2.37. The quantitative estimate of drug-likeness (QED) is 0.266. The summed E-state index contributed by atoms with van der Waals surface area (Å²) in [5, 5.41) is 21.4. The molecule has 0 saturated carbocycles. The molecule has 10 nitrogen and oxygen atoms in total. The maximum atomic E-state index is 13.2. The third-order valence-corrected chi connectivity index (χ3v) is 8.10. The van der Waals surface area contributed by atoms with Gasteiger partial charge in [0, 0.05) is 24.2 Å². The van der Waals surface area contributed by atoms with Crippen LogP contribution in [0.2, 0.25) is 0 Å². The summed E-state index contributed by atoms with van der Waals surface area (Å²) in [6.07, 6.45) is 1.78. The zero-order valence-electron chi connectivity index (χ0n) is 24.4. The van der Waals surface area contributed by atoms with Gasteiger partial charge in [-0.25, -0.2) is 9.59 Å². The molecule has 2 atom stereocenters. The molecule has 2 aliphatic heterocycles. The number of carbonyl (C=O) groups excluding carboxylic acids is 4. The molecule has 0 bridgehead atoms. The summed E-state index contributed by atoms with van der Waals surface area (Å²) in [6, 6.07) is 19.7. The van der Waals surface area contributed by atoms with Crippen molar-refractivity contribution in [2.75, 3.05) is 13.1 Å². The second kappa shape index (κ2) is 14.1. The number of phenolic OH excluding ortho intramolecular Hbond substituents is 2. The molecule has 0 radical (unpaired) electrons. The predicted octanol–water partition coefficient (Wildman–Crippen LogP) is 3.65. The minimum Gasteiger partial charge on any atom is -0.508 e. The lowest BCUT2D eigenvalue weighted by molar-refractivity contribution is -0.154. The van der Waals surface area contributed by atoms with Crippen LogP contribution in [0, 0.1) is 0 Å². The lowest BCUT2D eigenvalue weighted by Gasteiger charge is -2.24. The summed E-state index contributed by atoms with van der Waals surface area (Å²) in [5.41, 5.74) is 2.05. The van der Waals surface area contributed by atoms with E-state index in [9.17, 15) is 29.4 Å². The molecule has 2 N–H and O–H groups in total. The average molecular weight is 601 g/mol. The van der Waals surface area contributed by atoms with E-state index < -0.39 is 24.0 Å². The van der Waals surface area contributed by atoms with Gasteiger partial charge in [0.15, 0.2) is 0 Å². The van der Waals surface area contributed by atoms with Gasteiger partial charge < -0.3 is 29.5 Å². The van der Waals surface area contributed by atoms with Crippen molar-refractivity contribution in [2.24, 2.45) is 0 Å². The fourth-order valence-corrected chi connectivity index (χ4v) is 5.75. The molecule has 5 rings (SSSR count). The number of hydrogen-bond donors (Lipinski definition) is 2. The standard InChI is InChI=1S/C34H36N2O8/c37-29-18-26(20-32(40)36-16-8-14-28(36)34(42)44-22-24-11-5-2-6-12-24)30(38)17-25(29)19-31(39)35-15-7-13-27(35)33(41)43-21-23-9-3-1-4-10-23/h1-6,9-12,17-18,27-28,37-38H,7-8,13-16,19-22H2/t27-,28-/m1/s1. The van der Waals surface area contributed by atoms with Gasteiger partial charge in [-0.05, 0) is 48.9 Å². The first-order valence-corrected chi connectivity index (χ1v) is 14.8. The second-order valence-electron chi connectivity index (χ2n) is 11.1. The number of likely N-dealkylation sites (tertiary alicyclic amines) is 2. The number of rotatable bonds is 10. The van der Waals surface area contributed by atoms with E-state index in [0.717, 1.165) is 11.1 Å². The molecular weight excluding hydrogens is 564 g/mol. The third-order valence-electron chi connectivity index (χ3n) is 8.10.